The number of benzene rings is 8. The van der Waals surface area contributed by atoms with E-state index in [1.165, 1.54) is 11.1 Å². The van der Waals surface area contributed by atoms with Crippen molar-refractivity contribution in [3.63, 3.8) is 0 Å². The topological polar surface area (TPSA) is 29.5 Å². The first kappa shape index (κ1) is 29.1. The molecule has 0 saturated carbocycles. The summed E-state index contributed by atoms with van der Waals surface area (Å²) in [5.41, 5.74) is 13.4. The van der Waals surface area contributed by atoms with Gasteiger partial charge in [0.25, 0.3) is 0 Å². The summed E-state index contributed by atoms with van der Waals surface area (Å²) in [6.07, 6.45) is 0. The van der Waals surface area contributed by atoms with Gasteiger partial charge in [0.15, 0.2) is 0 Å². The lowest BCUT2D eigenvalue weighted by Crippen LogP contribution is -2.10. The van der Waals surface area contributed by atoms with Crippen molar-refractivity contribution >= 4 is 60.9 Å². The Morgan fingerprint density at radius 3 is 1.67 bits per heavy atom. The van der Waals surface area contributed by atoms with Crippen LogP contribution in [0.2, 0.25) is 0 Å². The average molecular weight is 654 g/mol. The quantitative estimate of drug-likeness (QED) is 0.179. The molecule has 10 rings (SSSR count). The maximum absolute atomic E-state index is 6.71. The van der Waals surface area contributed by atoms with E-state index in [1.54, 1.807) is 0 Å². The fourth-order valence-electron chi connectivity index (χ4n) is 7.43. The number of nitrogens with zero attached hydrogens (tertiary/aromatic N) is 1. The number of anilines is 3. The largest absolute Gasteiger partial charge is 0.456 e. The minimum Gasteiger partial charge on any atom is -0.456 e. The standard InChI is InChI=1S/C48H31NO2/c1-3-12-32(13-4-1)33-22-24-34(25-23-33)36-16-11-17-37(30-36)49(38-26-27-41-40-18-7-9-20-44(40)50-46(41)31-38)43-29-28-39(35-14-5-2-6-15-35)48-47(43)42-19-8-10-21-45(42)51-48/h1-31H. The third-order valence-corrected chi connectivity index (χ3v) is 9.88. The van der Waals surface area contributed by atoms with Gasteiger partial charge in [-0.05, 0) is 76.3 Å². The van der Waals surface area contributed by atoms with Gasteiger partial charge in [-0.2, -0.15) is 0 Å². The highest BCUT2D eigenvalue weighted by Crippen LogP contribution is 2.47. The summed E-state index contributed by atoms with van der Waals surface area (Å²) < 4.78 is 13.1. The second-order valence-electron chi connectivity index (χ2n) is 12.9. The number of fused-ring (bicyclic) bond motifs is 6. The molecule has 0 fully saturated rings. The lowest BCUT2D eigenvalue weighted by atomic mass is 9.98. The number of rotatable bonds is 6. The summed E-state index contributed by atoms with van der Waals surface area (Å²) in [4.78, 5) is 2.34. The molecule has 3 nitrogen and oxygen atoms in total. The zero-order chi connectivity index (χ0) is 33.7. The molecule has 0 bridgehead atoms. The van der Waals surface area contributed by atoms with E-state index in [2.05, 4.69) is 169 Å². The predicted molar refractivity (Wildman–Crippen MR) is 212 cm³/mol. The Balaban J connectivity index is 1.19. The molecule has 10 aromatic rings. The van der Waals surface area contributed by atoms with Gasteiger partial charge in [0.05, 0.1) is 11.1 Å². The van der Waals surface area contributed by atoms with Crippen molar-refractivity contribution in [1.29, 1.82) is 0 Å². The smallest absolute Gasteiger partial charge is 0.145 e. The van der Waals surface area contributed by atoms with E-state index in [4.69, 9.17) is 8.83 Å². The van der Waals surface area contributed by atoms with Gasteiger partial charge in [0.2, 0.25) is 0 Å². The second kappa shape index (κ2) is 11.9. The van der Waals surface area contributed by atoms with Gasteiger partial charge >= 0.3 is 0 Å². The number of hydrogen-bond acceptors (Lipinski definition) is 3. The molecule has 0 aliphatic carbocycles. The highest BCUT2D eigenvalue weighted by atomic mass is 16.3. The molecule has 8 aromatic carbocycles. The maximum atomic E-state index is 6.71. The van der Waals surface area contributed by atoms with Crippen LogP contribution in [0.4, 0.5) is 17.1 Å². The Kier molecular flexibility index (Phi) is 6.81. The Bertz CT molecular complexity index is 2850. The molecule has 0 saturated heterocycles. The fourth-order valence-corrected chi connectivity index (χ4v) is 7.43. The van der Waals surface area contributed by atoms with Crippen LogP contribution in [-0.2, 0) is 0 Å². The van der Waals surface area contributed by atoms with E-state index >= 15 is 0 Å². The van der Waals surface area contributed by atoms with Gasteiger partial charge in [0, 0.05) is 39.2 Å². The highest BCUT2D eigenvalue weighted by Gasteiger charge is 2.23. The van der Waals surface area contributed by atoms with Crippen LogP contribution < -0.4 is 4.90 Å². The molecule has 0 unspecified atom stereocenters. The zero-order valence-corrected chi connectivity index (χ0v) is 27.7. The summed E-state index contributed by atoms with van der Waals surface area (Å²) >= 11 is 0. The summed E-state index contributed by atoms with van der Waals surface area (Å²) in [6.45, 7) is 0. The van der Waals surface area contributed by atoms with Crippen LogP contribution in [-0.4, -0.2) is 0 Å². The van der Waals surface area contributed by atoms with Crippen molar-refractivity contribution in [2.24, 2.45) is 0 Å². The molecule has 0 amide bonds. The Morgan fingerprint density at radius 1 is 0.333 bits per heavy atom. The van der Waals surface area contributed by atoms with Crippen LogP contribution in [0.15, 0.2) is 197 Å². The molecule has 51 heavy (non-hydrogen) atoms. The summed E-state index contributed by atoms with van der Waals surface area (Å²) in [5.74, 6) is 0. The Hall–Kier alpha value is -6.84. The minimum absolute atomic E-state index is 0.848. The number of furan rings is 2. The van der Waals surface area contributed by atoms with Gasteiger partial charge in [-0.15, -0.1) is 0 Å². The van der Waals surface area contributed by atoms with Gasteiger partial charge in [-0.3, -0.25) is 0 Å². The van der Waals surface area contributed by atoms with Crippen molar-refractivity contribution < 1.29 is 8.83 Å². The lowest BCUT2D eigenvalue weighted by molar-refractivity contribution is 0.669. The second-order valence-corrected chi connectivity index (χ2v) is 12.9. The predicted octanol–water partition coefficient (Wildman–Crippen LogP) is 14.0. The van der Waals surface area contributed by atoms with Crippen molar-refractivity contribution in [3.8, 4) is 33.4 Å². The molecule has 0 spiro atoms. The van der Waals surface area contributed by atoms with E-state index in [9.17, 15) is 0 Å². The van der Waals surface area contributed by atoms with E-state index in [1.807, 2.05) is 24.3 Å². The van der Waals surface area contributed by atoms with Crippen LogP contribution >= 0.6 is 0 Å². The van der Waals surface area contributed by atoms with Crippen molar-refractivity contribution in [1.82, 2.24) is 0 Å². The first-order chi connectivity index (χ1) is 25.3. The van der Waals surface area contributed by atoms with E-state index in [-0.39, 0.29) is 0 Å². The molecule has 2 aromatic heterocycles. The van der Waals surface area contributed by atoms with Crippen LogP contribution in [0.1, 0.15) is 0 Å². The number of para-hydroxylation sites is 2. The average Bonchev–Trinajstić information content (AvgIpc) is 3.78. The highest BCUT2D eigenvalue weighted by molar-refractivity contribution is 6.17. The Morgan fingerprint density at radius 2 is 0.902 bits per heavy atom. The lowest BCUT2D eigenvalue weighted by Gasteiger charge is -2.27. The minimum atomic E-state index is 0.848. The van der Waals surface area contributed by atoms with Crippen LogP contribution in [0.5, 0.6) is 0 Å². The molecule has 0 atom stereocenters. The third-order valence-electron chi connectivity index (χ3n) is 9.88. The van der Waals surface area contributed by atoms with Crippen LogP contribution in [0, 0.1) is 0 Å². The first-order valence-corrected chi connectivity index (χ1v) is 17.3. The third kappa shape index (κ3) is 4.98. The summed E-state index contributed by atoms with van der Waals surface area (Å²) in [5, 5.41) is 4.35. The van der Waals surface area contributed by atoms with Gasteiger partial charge in [0.1, 0.15) is 22.3 Å². The van der Waals surface area contributed by atoms with Gasteiger partial charge in [-0.1, -0.05) is 133 Å². The van der Waals surface area contributed by atoms with Crippen LogP contribution in [0.25, 0.3) is 77.3 Å². The fraction of sp³-hybridized carbons (Fsp3) is 0. The van der Waals surface area contributed by atoms with Gasteiger partial charge in [-0.25, -0.2) is 0 Å². The molecule has 0 N–H and O–H groups in total. The molecule has 2 heterocycles. The monoisotopic (exact) mass is 653 g/mol. The number of hydrogen-bond donors (Lipinski definition) is 0. The Labute approximate surface area is 295 Å². The van der Waals surface area contributed by atoms with Crippen LogP contribution in [0.3, 0.4) is 0 Å². The maximum Gasteiger partial charge on any atom is 0.145 e. The van der Waals surface area contributed by atoms with Crippen molar-refractivity contribution in [3.05, 3.63) is 188 Å². The van der Waals surface area contributed by atoms with Crippen molar-refractivity contribution in [2.45, 2.75) is 0 Å². The van der Waals surface area contributed by atoms with E-state index in [0.717, 1.165) is 83.2 Å². The van der Waals surface area contributed by atoms with Crippen molar-refractivity contribution in [2.75, 3.05) is 4.90 Å². The van der Waals surface area contributed by atoms with Gasteiger partial charge < -0.3 is 13.7 Å². The SMILES string of the molecule is c1ccc(-c2ccc(-c3cccc(N(c4ccc5c(c4)oc4ccccc45)c4ccc(-c5ccccc5)c5oc6ccccc6c45)c3)cc2)cc1. The molecular weight excluding hydrogens is 623 g/mol. The molecule has 0 radical (unpaired) electrons. The van der Waals surface area contributed by atoms with E-state index < -0.39 is 0 Å². The summed E-state index contributed by atoms with van der Waals surface area (Å²) in [6, 6.07) is 66.1. The normalized spacial score (nSPS) is 11.5. The molecule has 240 valence electrons. The zero-order valence-electron chi connectivity index (χ0n) is 27.7. The first-order valence-electron chi connectivity index (χ1n) is 17.3. The molecule has 0 aliphatic heterocycles. The summed E-state index contributed by atoms with van der Waals surface area (Å²) in [7, 11) is 0. The van der Waals surface area contributed by atoms with E-state index in [0.29, 0.717) is 0 Å². The molecular formula is C48H31NO2. The molecule has 0 aliphatic rings. The molecule has 3 heteroatoms.